The molecule has 3 aromatic carbocycles. The molecule has 0 bridgehead atoms. The van der Waals surface area contributed by atoms with Gasteiger partial charge in [-0.3, -0.25) is 14.4 Å². The van der Waals surface area contributed by atoms with Gasteiger partial charge in [-0.05, 0) is 86.0 Å². The van der Waals surface area contributed by atoms with Crippen LogP contribution in [0.1, 0.15) is 79.2 Å². The number of carbonyl (C=O) groups is 4. The fourth-order valence-corrected chi connectivity index (χ4v) is 4.12. The Balaban J connectivity index is 1.50. The van der Waals surface area contributed by atoms with Crippen LogP contribution in [0, 0.1) is 0 Å². The van der Waals surface area contributed by atoms with Crippen molar-refractivity contribution in [2.45, 2.75) is 65.3 Å². The highest BCUT2D eigenvalue weighted by Crippen LogP contribution is 2.18. The van der Waals surface area contributed by atoms with Gasteiger partial charge in [0.15, 0.2) is 5.78 Å². The molecule has 0 radical (unpaired) electrons. The summed E-state index contributed by atoms with van der Waals surface area (Å²) in [4.78, 5) is 48.7. The average Bonchev–Trinajstić information content (AvgIpc) is 2.95. The largest absolute Gasteiger partial charge is 0.494 e. The number of carbonyl (C=O) groups excluding carboxylic acids is 4. The first-order valence-electron chi connectivity index (χ1n) is 14.0. The summed E-state index contributed by atoms with van der Waals surface area (Å²) in [5.41, 5.74) is 2.15. The van der Waals surface area contributed by atoms with Gasteiger partial charge < -0.3 is 20.1 Å². The third-order valence-electron chi connectivity index (χ3n) is 6.44. The monoisotopic (exact) mass is 558 g/mol. The van der Waals surface area contributed by atoms with Crippen molar-refractivity contribution >= 4 is 29.3 Å². The lowest BCUT2D eigenvalue weighted by molar-refractivity contribution is -0.118. The minimum atomic E-state index is -0.733. The Morgan fingerprint density at radius 3 is 1.95 bits per heavy atom. The molecule has 0 aliphatic heterocycles. The predicted molar refractivity (Wildman–Crippen MR) is 158 cm³/mol. The molecule has 0 aliphatic carbocycles. The van der Waals surface area contributed by atoms with Crippen molar-refractivity contribution in [1.82, 2.24) is 5.32 Å². The Morgan fingerprint density at radius 1 is 0.732 bits per heavy atom. The van der Waals surface area contributed by atoms with Crippen molar-refractivity contribution in [3.63, 3.8) is 0 Å². The van der Waals surface area contributed by atoms with Crippen LogP contribution in [-0.4, -0.2) is 36.2 Å². The Bertz CT molecular complexity index is 1300. The zero-order valence-corrected chi connectivity index (χ0v) is 23.9. The van der Waals surface area contributed by atoms with E-state index in [1.807, 2.05) is 0 Å². The molecule has 0 aromatic heterocycles. The Labute approximate surface area is 241 Å². The molecule has 0 saturated carbocycles. The van der Waals surface area contributed by atoms with E-state index in [4.69, 9.17) is 9.47 Å². The molecule has 3 rings (SSSR count). The first-order valence-corrected chi connectivity index (χ1v) is 14.0. The Hall–Kier alpha value is -4.46. The SMILES string of the molecule is CCCCCCCOc1ccc(C(=O)Oc2ccc(C[C@H](NC(=O)c3ccc(NC(C)=O)cc3)C(C)=O)cc2)cc1. The second-order valence-electron chi connectivity index (χ2n) is 9.92. The van der Waals surface area contributed by atoms with Crippen molar-refractivity contribution in [2.24, 2.45) is 0 Å². The minimum Gasteiger partial charge on any atom is -0.494 e. The average molecular weight is 559 g/mol. The first-order chi connectivity index (χ1) is 19.7. The summed E-state index contributed by atoms with van der Waals surface area (Å²) in [6, 6.07) is 19.4. The van der Waals surface area contributed by atoms with E-state index in [2.05, 4.69) is 17.6 Å². The smallest absolute Gasteiger partial charge is 0.343 e. The molecular formula is C33H38N2O6. The van der Waals surface area contributed by atoms with Crippen LogP contribution >= 0.6 is 0 Å². The number of hydrogen-bond donors (Lipinski definition) is 2. The van der Waals surface area contributed by atoms with E-state index in [0.29, 0.717) is 29.2 Å². The van der Waals surface area contributed by atoms with Crippen molar-refractivity contribution in [3.05, 3.63) is 89.5 Å². The highest BCUT2D eigenvalue weighted by atomic mass is 16.5. The molecule has 8 nitrogen and oxygen atoms in total. The standard InChI is InChI=1S/C33H38N2O6/c1-4-5-6-7-8-21-40-29-19-13-27(14-20-29)33(39)41-30-17-9-25(10-18-30)22-31(23(2)36)35-32(38)26-11-15-28(16-12-26)34-24(3)37/h9-20,31H,4-8,21-22H2,1-3H3,(H,34,37)(H,35,38)/t31-/m0/s1. The summed E-state index contributed by atoms with van der Waals surface area (Å²) in [6.45, 7) is 5.67. The molecule has 8 heteroatoms. The van der Waals surface area contributed by atoms with Crippen LogP contribution < -0.4 is 20.1 Å². The Morgan fingerprint density at radius 2 is 1.34 bits per heavy atom. The summed E-state index contributed by atoms with van der Waals surface area (Å²) in [6.07, 6.45) is 6.11. The molecule has 3 aromatic rings. The van der Waals surface area contributed by atoms with Gasteiger partial charge in [-0.15, -0.1) is 0 Å². The van der Waals surface area contributed by atoms with Gasteiger partial charge in [-0.2, -0.15) is 0 Å². The number of anilines is 1. The third-order valence-corrected chi connectivity index (χ3v) is 6.44. The molecule has 0 saturated heterocycles. The number of benzene rings is 3. The predicted octanol–water partition coefficient (Wildman–Crippen LogP) is 6.14. The van der Waals surface area contributed by atoms with E-state index in [1.165, 1.54) is 33.1 Å². The fourth-order valence-electron chi connectivity index (χ4n) is 4.12. The van der Waals surface area contributed by atoms with Crippen LogP contribution in [0.2, 0.25) is 0 Å². The van der Waals surface area contributed by atoms with E-state index in [-0.39, 0.29) is 18.1 Å². The van der Waals surface area contributed by atoms with E-state index < -0.39 is 17.9 Å². The van der Waals surface area contributed by atoms with Crippen LogP contribution in [0.25, 0.3) is 0 Å². The normalized spacial score (nSPS) is 11.3. The van der Waals surface area contributed by atoms with Gasteiger partial charge in [-0.1, -0.05) is 44.7 Å². The molecular weight excluding hydrogens is 520 g/mol. The summed E-state index contributed by atoms with van der Waals surface area (Å²) in [5, 5.41) is 5.41. The van der Waals surface area contributed by atoms with Crippen LogP contribution in [0.3, 0.4) is 0 Å². The molecule has 2 N–H and O–H groups in total. The number of amides is 2. The zero-order chi connectivity index (χ0) is 29.6. The lowest BCUT2D eigenvalue weighted by atomic mass is 10.0. The molecule has 0 aliphatic rings. The van der Waals surface area contributed by atoms with Gasteiger partial charge in [0, 0.05) is 18.2 Å². The van der Waals surface area contributed by atoms with E-state index in [0.717, 1.165) is 24.2 Å². The number of ketones is 1. The van der Waals surface area contributed by atoms with E-state index in [1.54, 1.807) is 72.8 Å². The first kappa shape index (κ1) is 31.1. The molecule has 1 atom stereocenters. The number of nitrogens with one attached hydrogen (secondary N) is 2. The van der Waals surface area contributed by atoms with Crippen molar-refractivity contribution in [2.75, 3.05) is 11.9 Å². The second kappa shape index (κ2) is 16.0. The lowest BCUT2D eigenvalue weighted by Gasteiger charge is -2.16. The number of ether oxygens (including phenoxy) is 2. The highest BCUT2D eigenvalue weighted by Gasteiger charge is 2.19. The van der Waals surface area contributed by atoms with Crippen LogP contribution in [-0.2, 0) is 16.0 Å². The molecule has 216 valence electrons. The van der Waals surface area contributed by atoms with Gasteiger partial charge in [0.05, 0.1) is 18.2 Å². The number of Topliss-reactive ketones (excluding diaryl/α,β-unsaturated/α-hetero) is 1. The third kappa shape index (κ3) is 10.6. The number of esters is 1. The molecule has 0 unspecified atom stereocenters. The molecule has 0 spiro atoms. The Kier molecular flexibility index (Phi) is 12.1. The van der Waals surface area contributed by atoms with Gasteiger partial charge in [0.25, 0.3) is 5.91 Å². The number of hydrogen-bond acceptors (Lipinski definition) is 6. The van der Waals surface area contributed by atoms with Crippen LogP contribution in [0.15, 0.2) is 72.8 Å². The molecule has 41 heavy (non-hydrogen) atoms. The van der Waals surface area contributed by atoms with Crippen molar-refractivity contribution in [3.8, 4) is 11.5 Å². The maximum Gasteiger partial charge on any atom is 0.343 e. The quantitative estimate of drug-likeness (QED) is 0.132. The van der Waals surface area contributed by atoms with Gasteiger partial charge in [0.1, 0.15) is 11.5 Å². The van der Waals surface area contributed by atoms with E-state index in [9.17, 15) is 19.2 Å². The summed E-state index contributed by atoms with van der Waals surface area (Å²) in [5.74, 6) is -0.185. The zero-order valence-electron chi connectivity index (χ0n) is 23.9. The lowest BCUT2D eigenvalue weighted by Crippen LogP contribution is -2.41. The van der Waals surface area contributed by atoms with Gasteiger partial charge in [0.2, 0.25) is 5.91 Å². The summed E-state index contributed by atoms with van der Waals surface area (Å²) in [7, 11) is 0. The molecule has 2 amide bonds. The van der Waals surface area contributed by atoms with Gasteiger partial charge in [-0.25, -0.2) is 4.79 Å². The van der Waals surface area contributed by atoms with E-state index >= 15 is 0 Å². The molecule has 0 heterocycles. The maximum absolute atomic E-state index is 12.7. The summed E-state index contributed by atoms with van der Waals surface area (Å²) < 4.78 is 11.2. The van der Waals surface area contributed by atoms with Crippen LogP contribution in [0.4, 0.5) is 5.69 Å². The molecule has 0 fully saturated rings. The highest BCUT2D eigenvalue weighted by molar-refractivity contribution is 5.98. The van der Waals surface area contributed by atoms with Gasteiger partial charge >= 0.3 is 5.97 Å². The topological polar surface area (TPSA) is 111 Å². The van der Waals surface area contributed by atoms with Crippen LogP contribution in [0.5, 0.6) is 11.5 Å². The summed E-state index contributed by atoms with van der Waals surface area (Å²) >= 11 is 0. The fraction of sp³-hybridized carbons (Fsp3) is 0.333. The second-order valence-corrected chi connectivity index (χ2v) is 9.92. The minimum absolute atomic E-state index is 0.187. The maximum atomic E-state index is 12.7. The van der Waals surface area contributed by atoms with Crippen molar-refractivity contribution < 1.29 is 28.7 Å². The number of unbranched alkanes of at least 4 members (excludes halogenated alkanes) is 4. The van der Waals surface area contributed by atoms with Crippen molar-refractivity contribution in [1.29, 1.82) is 0 Å². The number of rotatable bonds is 15.